The van der Waals surface area contributed by atoms with E-state index in [1.165, 1.54) is 0 Å². The highest BCUT2D eigenvalue weighted by molar-refractivity contribution is 5.70. The summed E-state index contributed by atoms with van der Waals surface area (Å²) in [6, 6.07) is 5.41. The number of carboxylic acid groups (broad SMARTS) is 1. The van der Waals surface area contributed by atoms with Crippen LogP contribution in [0.25, 0.3) is 0 Å². The minimum Gasteiger partial charge on any atom is -0.491 e. The van der Waals surface area contributed by atoms with Crippen molar-refractivity contribution in [2.45, 2.75) is 13.0 Å². The van der Waals surface area contributed by atoms with Gasteiger partial charge in [-0.15, -0.1) is 0 Å². The van der Waals surface area contributed by atoms with E-state index in [-0.39, 0.29) is 6.42 Å². The standard InChI is InChI=1S/C11H12O4/c12-11(13)6-8-1-2-10-9(5-8)7-14-3-4-15-10/h1-2,5H,3-4,6-7H2,(H,12,13). The number of ether oxygens (including phenoxy) is 2. The molecule has 15 heavy (non-hydrogen) atoms. The molecule has 0 aliphatic carbocycles. The van der Waals surface area contributed by atoms with Gasteiger partial charge < -0.3 is 14.6 Å². The van der Waals surface area contributed by atoms with Crippen molar-refractivity contribution in [1.29, 1.82) is 0 Å². The summed E-state index contributed by atoms with van der Waals surface area (Å²) in [7, 11) is 0. The van der Waals surface area contributed by atoms with Gasteiger partial charge in [-0.3, -0.25) is 4.79 Å². The minimum absolute atomic E-state index is 0.0350. The molecule has 1 aromatic rings. The van der Waals surface area contributed by atoms with Gasteiger partial charge in [-0.05, 0) is 17.7 Å². The molecule has 0 atom stereocenters. The Morgan fingerprint density at radius 3 is 3.07 bits per heavy atom. The van der Waals surface area contributed by atoms with Gasteiger partial charge in [0, 0.05) is 5.56 Å². The normalized spacial score (nSPS) is 14.9. The average molecular weight is 208 g/mol. The van der Waals surface area contributed by atoms with Crippen LogP contribution in [-0.2, 0) is 22.6 Å². The van der Waals surface area contributed by atoms with Gasteiger partial charge in [-0.1, -0.05) is 6.07 Å². The van der Waals surface area contributed by atoms with Crippen molar-refractivity contribution in [3.63, 3.8) is 0 Å². The quantitative estimate of drug-likeness (QED) is 0.794. The van der Waals surface area contributed by atoms with Crippen LogP contribution in [-0.4, -0.2) is 24.3 Å². The molecule has 0 amide bonds. The third-order valence-corrected chi connectivity index (χ3v) is 2.22. The third kappa shape index (κ3) is 2.47. The highest BCUT2D eigenvalue weighted by Gasteiger charge is 2.10. The lowest BCUT2D eigenvalue weighted by atomic mass is 10.1. The topological polar surface area (TPSA) is 55.8 Å². The Morgan fingerprint density at radius 1 is 1.40 bits per heavy atom. The number of rotatable bonds is 2. The van der Waals surface area contributed by atoms with E-state index in [1.807, 2.05) is 12.1 Å². The summed E-state index contributed by atoms with van der Waals surface area (Å²) in [5.41, 5.74) is 1.70. The van der Waals surface area contributed by atoms with Gasteiger partial charge in [-0.2, -0.15) is 0 Å². The molecule has 0 bridgehead atoms. The zero-order chi connectivity index (χ0) is 10.7. The van der Waals surface area contributed by atoms with Gasteiger partial charge in [0.05, 0.1) is 19.6 Å². The van der Waals surface area contributed by atoms with Crippen molar-refractivity contribution in [2.75, 3.05) is 13.2 Å². The second kappa shape index (κ2) is 4.31. The second-order valence-electron chi connectivity index (χ2n) is 3.41. The van der Waals surface area contributed by atoms with Crippen LogP contribution in [0.3, 0.4) is 0 Å². The smallest absolute Gasteiger partial charge is 0.307 e. The molecule has 4 nitrogen and oxygen atoms in total. The summed E-state index contributed by atoms with van der Waals surface area (Å²) in [6.45, 7) is 1.61. The molecule has 1 N–H and O–H groups in total. The number of benzene rings is 1. The summed E-state index contributed by atoms with van der Waals surface area (Å²) < 4.78 is 10.7. The fourth-order valence-corrected chi connectivity index (χ4v) is 1.56. The molecule has 2 rings (SSSR count). The Hall–Kier alpha value is -1.55. The predicted molar refractivity (Wildman–Crippen MR) is 52.9 cm³/mol. The van der Waals surface area contributed by atoms with Crippen molar-refractivity contribution in [3.05, 3.63) is 29.3 Å². The first kappa shape index (κ1) is 9.98. The van der Waals surface area contributed by atoms with Crippen LogP contribution >= 0.6 is 0 Å². The van der Waals surface area contributed by atoms with Crippen LogP contribution in [0.4, 0.5) is 0 Å². The second-order valence-corrected chi connectivity index (χ2v) is 3.41. The first-order chi connectivity index (χ1) is 7.25. The average Bonchev–Trinajstić information content (AvgIpc) is 2.41. The van der Waals surface area contributed by atoms with E-state index in [1.54, 1.807) is 6.07 Å². The monoisotopic (exact) mass is 208 g/mol. The molecule has 4 heteroatoms. The molecule has 1 aliphatic rings. The molecule has 0 saturated carbocycles. The summed E-state index contributed by atoms with van der Waals surface area (Å²) in [6.07, 6.45) is 0.0350. The lowest BCUT2D eigenvalue weighted by Crippen LogP contribution is -2.02. The third-order valence-electron chi connectivity index (χ3n) is 2.22. The molecule has 0 radical (unpaired) electrons. The number of hydrogen-bond donors (Lipinski definition) is 1. The Labute approximate surface area is 87.4 Å². The molecule has 80 valence electrons. The molecule has 1 aromatic carbocycles. The molecular weight excluding hydrogens is 196 g/mol. The van der Waals surface area contributed by atoms with Crippen molar-refractivity contribution >= 4 is 5.97 Å². The maximum absolute atomic E-state index is 10.5. The molecule has 1 aliphatic heterocycles. The van der Waals surface area contributed by atoms with Crippen molar-refractivity contribution in [1.82, 2.24) is 0 Å². The number of hydrogen-bond acceptors (Lipinski definition) is 3. The van der Waals surface area contributed by atoms with E-state index < -0.39 is 5.97 Å². The Balaban J connectivity index is 2.23. The highest BCUT2D eigenvalue weighted by Crippen LogP contribution is 2.23. The fraction of sp³-hybridized carbons (Fsp3) is 0.364. The molecule has 1 heterocycles. The zero-order valence-electron chi connectivity index (χ0n) is 8.23. The maximum atomic E-state index is 10.5. The van der Waals surface area contributed by atoms with E-state index in [4.69, 9.17) is 14.6 Å². The van der Waals surface area contributed by atoms with E-state index in [0.29, 0.717) is 19.8 Å². The summed E-state index contributed by atoms with van der Waals surface area (Å²) in [4.78, 5) is 10.5. The number of carboxylic acids is 1. The van der Waals surface area contributed by atoms with Crippen LogP contribution in [0.5, 0.6) is 5.75 Å². The molecule has 0 fully saturated rings. The van der Waals surface area contributed by atoms with E-state index >= 15 is 0 Å². The highest BCUT2D eigenvalue weighted by atomic mass is 16.5. The molecule has 0 spiro atoms. The van der Waals surface area contributed by atoms with Gasteiger partial charge in [0.25, 0.3) is 0 Å². The molecule has 0 saturated heterocycles. The first-order valence-corrected chi connectivity index (χ1v) is 4.80. The van der Waals surface area contributed by atoms with Crippen molar-refractivity contribution in [3.8, 4) is 5.75 Å². The van der Waals surface area contributed by atoms with E-state index in [9.17, 15) is 4.79 Å². The molecule has 0 aromatic heterocycles. The van der Waals surface area contributed by atoms with Gasteiger partial charge in [0.1, 0.15) is 12.4 Å². The molecular formula is C11H12O4. The number of fused-ring (bicyclic) bond motifs is 1. The van der Waals surface area contributed by atoms with Crippen LogP contribution < -0.4 is 4.74 Å². The maximum Gasteiger partial charge on any atom is 0.307 e. The van der Waals surface area contributed by atoms with Crippen LogP contribution in [0, 0.1) is 0 Å². The number of carbonyl (C=O) groups is 1. The largest absolute Gasteiger partial charge is 0.491 e. The van der Waals surface area contributed by atoms with Gasteiger partial charge >= 0.3 is 5.97 Å². The minimum atomic E-state index is -0.828. The van der Waals surface area contributed by atoms with Gasteiger partial charge in [0.2, 0.25) is 0 Å². The lowest BCUT2D eigenvalue weighted by Gasteiger charge is -2.07. The lowest BCUT2D eigenvalue weighted by molar-refractivity contribution is -0.136. The van der Waals surface area contributed by atoms with E-state index in [2.05, 4.69) is 0 Å². The first-order valence-electron chi connectivity index (χ1n) is 4.80. The molecule has 0 unspecified atom stereocenters. The number of aliphatic carboxylic acids is 1. The van der Waals surface area contributed by atoms with Gasteiger partial charge in [0.15, 0.2) is 0 Å². The summed E-state index contributed by atoms with van der Waals surface area (Å²) in [5, 5.41) is 8.66. The van der Waals surface area contributed by atoms with Crippen molar-refractivity contribution in [2.24, 2.45) is 0 Å². The summed E-state index contributed by atoms with van der Waals surface area (Å²) >= 11 is 0. The SMILES string of the molecule is O=C(O)Cc1ccc2c(c1)COCCO2. The Morgan fingerprint density at radius 2 is 2.27 bits per heavy atom. The van der Waals surface area contributed by atoms with Crippen molar-refractivity contribution < 1.29 is 19.4 Å². The van der Waals surface area contributed by atoms with Gasteiger partial charge in [-0.25, -0.2) is 0 Å². The fourth-order valence-electron chi connectivity index (χ4n) is 1.56. The predicted octanol–water partition coefficient (Wildman–Crippen LogP) is 1.22. The van der Waals surface area contributed by atoms with Crippen LogP contribution in [0.15, 0.2) is 18.2 Å². The zero-order valence-corrected chi connectivity index (χ0v) is 8.23. The van der Waals surface area contributed by atoms with E-state index in [0.717, 1.165) is 16.9 Å². The Bertz CT molecular complexity index is 373. The summed E-state index contributed by atoms with van der Waals surface area (Å²) in [5.74, 6) is -0.0351. The van der Waals surface area contributed by atoms with Crippen LogP contribution in [0.1, 0.15) is 11.1 Å². The van der Waals surface area contributed by atoms with Crippen LogP contribution in [0.2, 0.25) is 0 Å². The Kier molecular flexibility index (Phi) is 2.87.